The summed E-state index contributed by atoms with van der Waals surface area (Å²) in [6, 6.07) is 0. The molecule has 19 heteroatoms. The van der Waals surface area contributed by atoms with Gasteiger partial charge in [0.15, 0.2) is 25.2 Å². The number of rotatable bonds is 11. The first-order valence-electron chi connectivity index (χ1n) is 24.1. The third kappa shape index (κ3) is 9.28. The smallest absolute Gasteiger partial charge is 0.309 e. The van der Waals surface area contributed by atoms with Crippen molar-refractivity contribution >= 4 is 5.97 Å². The van der Waals surface area contributed by atoms with E-state index in [1.807, 2.05) is 20.1 Å². The molecule has 6 saturated heterocycles. The summed E-state index contributed by atoms with van der Waals surface area (Å²) >= 11 is 0. The van der Waals surface area contributed by atoms with Crippen LogP contribution >= 0.6 is 0 Å². The molecule has 5 N–H and O–H groups in total. The van der Waals surface area contributed by atoms with E-state index in [9.17, 15) is 30.3 Å². The maximum absolute atomic E-state index is 13.8. The molecule has 66 heavy (non-hydrogen) atoms. The number of ether oxygens (including phenoxy) is 13. The topological polar surface area (TPSA) is 238 Å². The van der Waals surface area contributed by atoms with Gasteiger partial charge in [-0.15, -0.1) is 0 Å². The van der Waals surface area contributed by atoms with Crippen LogP contribution in [0.15, 0.2) is 23.5 Å². The lowest BCUT2D eigenvalue weighted by molar-refractivity contribution is -0.356. The van der Waals surface area contributed by atoms with E-state index in [4.69, 9.17) is 61.6 Å². The quantitative estimate of drug-likeness (QED) is 0.147. The molecule has 374 valence electrons. The third-order valence-corrected chi connectivity index (χ3v) is 16.3. The summed E-state index contributed by atoms with van der Waals surface area (Å²) in [6.45, 7) is 9.47. The summed E-state index contributed by atoms with van der Waals surface area (Å²) in [5, 5.41) is 52.0. The molecule has 19 nitrogen and oxygen atoms in total. The van der Waals surface area contributed by atoms with E-state index < -0.39 is 111 Å². The minimum atomic E-state index is -1.59. The lowest BCUT2D eigenvalue weighted by atomic mass is 9.55. The number of fused-ring (bicyclic) bond motifs is 3. The fourth-order valence-corrected chi connectivity index (χ4v) is 12.5. The van der Waals surface area contributed by atoms with Gasteiger partial charge in [-0.05, 0) is 76.2 Å². The predicted molar refractivity (Wildman–Crippen MR) is 225 cm³/mol. The maximum atomic E-state index is 13.8. The zero-order chi connectivity index (χ0) is 46.8. The van der Waals surface area contributed by atoms with Gasteiger partial charge in [-0.2, -0.15) is 0 Å². The summed E-state index contributed by atoms with van der Waals surface area (Å²) in [5.74, 6) is -1.03. The highest BCUT2D eigenvalue weighted by molar-refractivity contribution is 5.74. The van der Waals surface area contributed by atoms with Crippen LogP contribution in [0.1, 0.15) is 92.4 Å². The molecule has 0 radical (unpaired) electrons. The maximum Gasteiger partial charge on any atom is 0.309 e. The predicted octanol–water partition coefficient (Wildman–Crippen LogP) is 1.86. The number of hydrogen-bond donors (Lipinski definition) is 5. The molecule has 0 unspecified atom stereocenters. The van der Waals surface area contributed by atoms with E-state index >= 15 is 0 Å². The first-order valence-corrected chi connectivity index (χ1v) is 24.1. The van der Waals surface area contributed by atoms with Crippen molar-refractivity contribution in [2.45, 2.75) is 215 Å². The van der Waals surface area contributed by atoms with Crippen LogP contribution in [-0.2, 0) is 66.4 Å². The number of hydrogen-bond acceptors (Lipinski definition) is 19. The Balaban J connectivity index is 0.757. The molecule has 9 rings (SSSR count). The van der Waals surface area contributed by atoms with E-state index in [0.29, 0.717) is 19.4 Å². The Morgan fingerprint density at radius 2 is 1.41 bits per heavy atom. The molecule has 24 atom stereocenters. The average Bonchev–Trinajstić information content (AvgIpc) is 3.80. The van der Waals surface area contributed by atoms with Gasteiger partial charge in [0.1, 0.15) is 48.8 Å². The highest BCUT2D eigenvalue weighted by atomic mass is 16.8. The summed E-state index contributed by atoms with van der Waals surface area (Å²) in [6.07, 6.45) is -5.73. The minimum Gasteiger partial charge on any atom is -0.469 e. The first kappa shape index (κ1) is 49.1. The standard InChI is InChI=1S/C47H72O19/c1-21-41(64-36-17-31(55-7)43(23(3)60-36)66-45-40(52)39(51)38(50)32(18-48)63-45)29(49)15-34(58-21)65-42-22(2)59-35(16-30(42)54-6)61-26-12-13-46(4)25(14-26)9-10-27-28(46)11-8-24-19-56-47(5)37(24)33(20-57-47)62-44(27)53/h9,19,21-23,26-43,45,48-52H,8,10-18,20H2,1-7H3/t21-,22-,23+,26+,27-,28+,29+,30-,31-,32-,33-,34-,35+,36+,37-,38-,39+,40-,41-,42-,43+,45+,46+,47+/m1/s1. The molecule has 7 aliphatic heterocycles. The van der Waals surface area contributed by atoms with Gasteiger partial charge in [0.2, 0.25) is 5.79 Å². The highest BCUT2D eigenvalue weighted by Gasteiger charge is 2.58. The number of carbonyl (C=O) groups is 1. The van der Waals surface area contributed by atoms with Gasteiger partial charge < -0.3 is 87.1 Å². The fourth-order valence-electron chi connectivity index (χ4n) is 12.5. The normalized spacial score (nSPS) is 51.7. The zero-order valence-corrected chi connectivity index (χ0v) is 39.1. The van der Waals surface area contributed by atoms with Crippen LogP contribution in [0.2, 0.25) is 0 Å². The van der Waals surface area contributed by atoms with Gasteiger partial charge in [0, 0.05) is 40.4 Å². The Labute approximate surface area is 386 Å². The van der Waals surface area contributed by atoms with Crippen LogP contribution < -0.4 is 0 Å². The summed E-state index contributed by atoms with van der Waals surface area (Å²) in [7, 11) is 3.14. The second-order valence-corrected chi connectivity index (χ2v) is 20.4. The van der Waals surface area contributed by atoms with Gasteiger partial charge in [-0.3, -0.25) is 4.79 Å². The molecule has 9 aliphatic rings. The van der Waals surface area contributed by atoms with Gasteiger partial charge in [0.05, 0.1) is 74.0 Å². The lowest BCUT2D eigenvalue weighted by Crippen LogP contribution is -2.62. The number of aliphatic hydroxyl groups is 5. The number of esters is 1. The third-order valence-electron chi connectivity index (χ3n) is 16.3. The van der Waals surface area contributed by atoms with Crippen molar-refractivity contribution < 1.29 is 91.9 Å². The molecule has 0 spiro atoms. The van der Waals surface area contributed by atoms with Crippen molar-refractivity contribution in [2.24, 2.45) is 23.2 Å². The van der Waals surface area contributed by atoms with Crippen LogP contribution in [0.3, 0.4) is 0 Å². The summed E-state index contributed by atoms with van der Waals surface area (Å²) in [4.78, 5) is 13.8. The van der Waals surface area contributed by atoms with Crippen molar-refractivity contribution in [1.82, 2.24) is 0 Å². The molecule has 1 saturated carbocycles. The monoisotopic (exact) mass is 940 g/mol. The van der Waals surface area contributed by atoms with Gasteiger partial charge >= 0.3 is 5.97 Å². The lowest BCUT2D eigenvalue weighted by Gasteiger charge is -2.51. The van der Waals surface area contributed by atoms with Crippen molar-refractivity contribution in [1.29, 1.82) is 0 Å². The highest BCUT2D eigenvalue weighted by Crippen LogP contribution is 2.57. The SMILES string of the molecule is CO[C@@H]1C[C@H](O[C@H]2CC[C@@]3(C)C(=CC[C@H]4C(=O)O[C@@H]5CO[C@]6(C)OC=C(CC[C@@H]43)[C@H]56)C2)O[C@H](C)[C@H]1O[C@@H]1C[C@H](O)[C@H](O[C@H]2C[C@@H](OC)[C@@H](O[C@@H]3O[C@H](CO)[C@@H](O)[C@H](O)[C@H]3O)[C@H](C)O2)[C@@H](C)O1. The number of aliphatic hydroxyl groups excluding tert-OH is 5. The first-order chi connectivity index (χ1) is 31.5. The average molecular weight is 941 g/mol. The van der Waals surface area contributed by atoms with Crippen LogP contribution in [0.25, 0.3) is 0 Å². The second-order valence-electron chi connectivity index (χ2n) is 20.4. The van der Waals surface area contributed by atoms with Crippen LogP contribution in [0.4, 0.5) is 0 Å². The van der Waals surface area contributed by atoms with Crippen molar-refractivity contribution in [3.05, 3.63) is 23.5 Å². The zero-order valence-electron chi connectivity index (χ0n) is 39.1. The Morgan fingerprint density at radius 3 is 2.08 bits per heavy atom. The molecule has 0 aromatic carbocycles. The number of methoxy groups -OCH3 is 2. The van der Waals surface area contributed by atoms with Crippen molar-refractivity contribution in [3.63, 3.8) is 0 Å². The summed E-state index contributed by atoms with van der Waals surface area (Å²) < 4.78 is 79.9. The molecule has 0 aromatic heterocycles. The molecule has 0 aromatic rings. The van der Waals surface area contributed by atoms with E-state index in [2.05, 4.69) is 13.0 Å². The van der Waals surface area contributed by atoms with E-state index in [0.717, 1.165) is 32.1 Å². The van der Waals surface area contributed by atoms with E-state index in [-0.39, 0.29) is 60.3 Å². The molecule has 0 amide bonds. The second kappa shape index (κ2) is 19.7. The van der Waals surface area contributed by atoms with Gasteiger partial charge in [-0.25, -0.2) is 0 Å². The Bertz CT molecular complexity index is 1750. The van der Waals surface area contributed by atoms with Crippen molar-refractivity contribution in [2.75, 3.05) is 27.4 Å². The molecular weight excluding hydrogens is 868 g/mol. The van der Waals surface area contributed by atoms with Crippen LogP contribution in [-0.4, -0.2) is 181 Å². The molecule has 2 aliphatic carbocycles. The molecule has 7 heterocycles. The van der Waals surface area contributed by atoms with Crippen LogP contribution in [0.5, 0.6) is 0 Å². The molecule has 0 bridgehead atoms. The summed E-state index contributed by atoms with van der Waals surface area (Å²) in [5.41, 5.74) is 2.35. The van der Waals surface area contributed by atoms with Gasteiger partial charge in [0.25, 0.3) is 0 Å². The fraction of sp³-hybridized carbons (Fsp3) is 0.894. The van der Waals surface area contributed by atoms with E-state index in [1.165, 1.54) is 18.3 Å². The molecule has 7 fully saturated rings. The van der Waals surface area contributed by atoms with Crippen LogP contribution in [0, 0.1) is 23.2 Å². The number of carbonyl (C=O) groups excluding carboxylic acids is 1. The van der Waals surface area contributed by atoms with Gasteiger partial charge in [-0.1, -0.05) is 18.6 Å². The largest absolute Gasteiger partial charge is 0.469 e. The van der Waals surface area contributed by atoms with E-state index in [1.54, 1.807) is 21.0 Å². The Morgan fingerprint density at radius 1 is 0.773 bits per heavy atom. The Kier molecular flexibility index (Phi) is 14.7. The molecular formula is C47H72O19. The Hall–Kier alpha value is -1.89. The van der Waals surface area contributed by atoms with Crippen molar-refractivity contribution in [3.8, 4) is 0 Å². The number of allylic oxidation sites excluding steroid dienone is 1. The minimum absolute atomic E-state index is 0.0646.